The molecule has 0 saturated carbocycles. The monoisotopic (exact) mass is 602 g/mol. The topological polar surface area (TPSA) is 209 Å². The number of carbonyl (C=O) groups excluding carboxylic acids is 1. The van der Waals surface area contributed by atoms with Gasteiger partial charge in [-0.25, -0.2) is 0 Å². The molecule has 14 nitrogen and oxygen atoms in total. The second-order valence-corrected chi connectivity index (χ2v) is 8.45. The summed E-state index contributed by atoms with van der Waals surface area (Å²) < 4.78 is 10.5. The molecular formula is C18H16Br2N6O8. The van der Waals surface area contributed by atoms with Crippen molar-refractivity contribution in [2.45, 2.75) is 6.42 Å². The molecule has 3 aromatic rings. The van der Waals surface area contributed by atoms with Gasteiger partial charge in [0, 0.05) is 22.0 Å². The second-order valence-electron chi connectivity index (χ2n) is 6.74. The number of hydrogen-bond donors (Lipinski definition) is 4. The zero-order chi connectivity index (χ0) is 25.2. The number of methoxy groups -OCH3 is 1. The highest BCUT2D eigenvalue weighted by atomic mass is 79.9. The molecule has 180 valence electrons. The number of nitro groups is 2. The molecule has 1 amide bonds. The van der Waals surface area contributed by atoms with Crippen LogP contribution >= 0.6 is 31.9 Å². The lowest BCUT2D eigenvalue weighted by molar-refractivity contribution is -0.384. The normalized spacial score (nSPS) is 10.8. The Kier molecular flexibility index (Phi) is 7.41. The van der Waals surface area contributed by atoms with Crippen LogP contribution in [0.2, 0.25) is 0 Å². The number of anilines is 2. The Hall–Kier alpha value is -3.66. The smallest absolute Gasteiger partial charge is 0.339 e. The van der Waals surface area contributed by atoms with E-state index in [0.717, 1.165) is 0 Å². The minimum absolute atomic E-state index is 0.0250. The molecule has 1 aromatic heterocycles. The first-order chi connectivity index (χ1) is 16.1. The van der Waals surface area contributed by atoms with Gasteiger partial charge in [-0.1, -0.05) is 0 Å². The average molecular weight is 604 g/mol. The van der Waals surface area contributed by atoms with Crippen molar-refractivity contribution in [3.63, 3.8) is 0 Å². The van der Waals surface area contributed by atoms with Crippen LogP contribution in [0, 0.1) is 20.2 Å². The van der Waals surface area contributed by atoms with E-state index in [4.69, 9.17) is 15.0 Å². The molecule has 0 radical (unpaired) electrons. The highest BCUT2D eigenvalue weighted by Gasteiger charge is 2.29. The molecule has 0 aliphatic carbocycles. The van der Waals surface area contributed by atoms with Crippen LogP contribution in [0.15, 0.2) is 30.4 Å². The Morgan fingerprint density at radius 3 is 2.38 bits per heavy atom. The van der Waals surface area contributed by atoms with E-state index in [1.54, 1.807) is 0 Å². The number of ether oxygens (including phenoxy) is 1. The van der Waals surface area contributed by atoms with Gasteiger partial charge >= 0.3 is 11.4 Å². The first-order valence-corrected chi connectivity index (χ1v) is 11.0. The summed E-state index contributed by atoms with van der Waals surface area (Å²) in [4.78, 5) is 45.3. The number of benzene rings is 2. The third kappa shape index (κ3) is 4.67. The van der Waals surface area contributed by atoms with Crippen molar-refractivity contribution in [2.24, 2.45) is 5.73 Å². The van der Waals surface area contributed by atoms with Crippen LogP contribution in [-0.2, 0) is 0 Å². The Bertz CT molecular complexity index is 1370. The molecule has 0 fully saturated rings. The number of halogens is 2. The Labute approximate surface area is 206 Å². The van der Waals surface area contributed by atoms with E-state index < -0.39 is 32.7 Å². The van der Waals surface area contributed by atoms with Gasteiger partial charge in [0.2, 0.25) is 11.3 Å². The van der Waals surface area contributed by atoms with E-state index in [-0.39, 0.29) is 55.7 Å². The number of hydrogen-bond acceptors (Lipinski definition) is 10. The zero-order valence-corrected chi connectivity index (χ0v) is 20.4. The number of primary amides is 1. The zero-order valence-electron chi connectivity index (χ0n) is 17.3. The first kappa shape index (κ1) is 25.0. The molecule has 5 N–H and O–H groups in total. The molecule has 0 aliphatic heterocycles. The summed E-state index contributed by atoms with van der Waals surface area (Å²) in [5.74, 6) is -1.18. The van der Waals surface area contributed by atoms with Crippen LogP contribution in [0.4, 0.5) is 22.7 Å². The molecule has 2 aromatic carbocycles. The van der Waals surface area contributed by atoms with Crippen LogP contribution in [-0.4, -0.2) is 41.1 Å². The van der Waals surface area contributed by atoms with Crippen LogP contribution in [0.5, 0.6) is 5.75 Å². The molecule has 0 aliphatic rings. The molecule has 0 unspecified atom stereocenters. The van der Waals surface area contributed by atoms with Crippen LogP contribution in [0.3, 0.4) is 0 Å². The largest absolute Gasteiger partial charge is 0.489 e. The summed E-state index contributed by atoms with van der Waals surface area (Å²) in [7, 11) is 1.18. The molecule has 3 rings (SSSR count). The number of carbonyl (C=O) groups is 1. The van der Waals surface area contributed by atoms with Crippen molar-refractivity contribution in [1.29, 1.82) is 0 Å². The molecule has 0 saturated heterocycles. The van der Waals surface area contributed by atoms with Crippen molar-refractivity contribution >= 4 is 71.5 Å². The number of nitrogens with zero attached hydrogens (tertiary/aromatic N) is 2. The summed E-state index contributed by atoms with van der Waals surface area (Å²) >= 11 is 6.39. The van der Waals surface area contributed by atoms with Gasteiger partial charge < -0.3 is 25.6 Å². The molecule has 0 atom stereocenters. The second kappa shape index (κ2) is 10.1. The van der Waals surface area contributed by atoms with Gasteiger partial charge in [-0.15, -0.1) is 0 Å². The van der Waals surface area contributed by atoms with E-state index in [1.807, 2.05) is 0 Å². The quantitative estimate of drug-likeness (QED) is 0.150. The molecule has 1 heterocycles. The van der Waals surface area contributed by atoms with E-state index in [1.165, 1.54) is 19.2 Å². The Morgan fingerprint density at radius 2 is 1.79 bits per heavy atom. The maximum Gasteiger partial charge on any atom is 0.339 e. The number of nitrogens with one attached hydrogen (secondary N) is 3. The summed E-state index contributed by atoms with van der Waals surface area (Å²) in [6.07, 6.45) is 0.368. The Balaban J connectivity index is 1.77. The lowest BCUT2D eigenvalue weighted by Crippen LogP contribution is -2.16. The van der Waals surface area contributed by atoms with Gasteiger partial charge in [-0.3, -0.25) is 29.8 Å². The lowest BCUT2D eigenvalue weighted by atomic mass is 10.1. The number of aromatic nitrogens is 1. The fourth-order valence-corrected chi connectivity index (χ4v) is 4.43. The fourth-order valence-electron chi connectivity index (χ4n) is 3.27. The van der Waals surface area contributed by atoms with Gasteiger partial charge in [0.1, 0.15) is 16.9 Å². The number of nitrogens with two attached hydrogens (primary N) is 1. The summed E-state index contributed by atoms with van der Waals surface area (Å²) in [5, 5.41) is 31.1. The molecular weight excluding hydrogens is 588 g/mol. The predicted molar refractivity (Wildman–Crippen MR) is 129 cm³/mol. The summed E-state index contributed by atoms with van der Waals surface area (Å²) in [6, 6.07) is 2.75. The predicted octanol–water partition coefficient (Wildman–Crippen LogP) is 3.48. The van der Waals surface area contributed by atoms with Gasteiger partial charge in [0.25, 0.3) is 11.5 Å². The number of rotatable bonds is 10. The highest BCUT2D eigenvalue weighted by molar-refractivity contribution is 9.11. The standard InChI is InChI=1S/C18H16Br2N6O8/c1-33-16-11(17(21)27)8(19)6-10(13(16)25(29)30)22-3-2-4-23-12-9(20)5-7-15(14(12)26(31)32)34-24-18(7)28/h5-6,22-23H,2-4H2,1H3,(H2,21,27)(H,24,28). The van der Waals surface area contributed by atoms with Gasteiger partial charge in [-0.2, -0.15) is 5.16 Å². The van der Waals surface area contributed by atoms with Crippen LogP contribution in [0.25, 0.3) is 11.0 Å². The number of nitro benzene ring substituents is 2. The lowest BCUT2D eigenvalue weighted by Gasteiger charge is -2.14. The van der Waals surface area contributed by atoms with Crippen molar-refractivity contribution < 1.29 is 23.9 Å². The van der Waals surface area contributed by atoms with Gasteiger partial charge in [0.15, 0.2) is 0 Å². The number of amides is 1. The summed E-state index contributed by atoms with van der Waals surface area (Å²) in [5.41, 5.74) is 3.68. The third-order valence-corrected chi connectivity index (χ3v) is 5.94. The number of H-pyrrole nitrogens is 1. The summed E-state index contributed by atoms with van der Waals surface area (Å²) in [6.45, 7) is 0.435. The molecule has 34 heavy (non-hydrogen) atoms. The van der Waals surface area contributed by atoms with Gasteiger partial charge in [-0.05, 0) is 50.4 Å². The maximum absolute atomic E-state index is 11.7. The highest BCUT2D eigenvalue weighted by Crippen LogP contribution is 2.42. The van der Waals surface area contributed by atoms with Crippen molar-refractivity contribution in [3.05, 3.63) is 57.2 Å². The minimum atomic E-state index is -0.898. The van der Waals surface area contributed by atoms with E-state index in [2.05, 4.69) is 47.7 Å². The van der Waals surface area contributed by atoms with Crippen LogP contribution in [0.1, 0.15) is 16.8 Å². The Morgan fingerprint density at radius 1 is 1.15 bits per heavy atom. The molecule has 0 spiro atoms. The van der Waals surface area contributed by atoms with Crippen molar-refractivity contribution in [2.75, 3.05) is 30.8 Å². The van der Waals surface area contributed by atoms with Crippen molar-refractivity contribution in [1.82, 2.24) is 5.16 Å². The third-order valence-electron chi connectivity index (χ3n) is 4.69. The van der Waals surface area contributed by atoms with Crippen molar-refractivity contribution in [3.8, 4) is 5.75 Å². The maximum atomic E-state index is 11.7. The van der Waals surface area contributed by atoms with E-state index in [9.17, 15) is 29.8 Å². The average Bonchev–Trinajstić information content (AvgIpc) is 3.11. The molecule has 0 bridgehead atoms. The number of aromatic amines is 1. The SMILES string of the molecule is COc1c(C(N)=O)c(Br)cc(NCCCNc2c(Br)cc3c(=O)[nH]oc3c2[N+](=O)[O-])c1[N+](=O)[O-]. The van der Waals surface area contributed by atoms with Crippen LogP contribution < -0.4 is 26.7 Å². The number of fused-ring (bicyclic) bond motifs is 1. The van der Waals surface area contributed by atoms with E-state index >= 15 is 0 Å². The van der Waals surface area contributed by atoms with Gasteiger partial charge in [0.05, 0.1) is 22.3 Å². The van der Waals surface area contributed by atoms with E-state index in [0.29, 0.717) is 6.42 Å². The minimum Gasteiger partial charge on any atom is -0.489 e. The fraction of sp³-hybridized carbons (Fsp3) is 0.222. The molecule has 16 heteroatoms. The first-order valence-electron chi connectivity index (χ1n) is 9.38.